The molecule has 0 saturated carbocycles. The van der Waals surface area contributed by atoms with Crippen LogP contribution in [0, 0.1) is 5.92 Å². The summed E-state index contributed by atoms with van der Waals surface area (Å²) in [5.74, 6) is -2.90. The topological polar surface area (TPSA) is 167 Å². The van der Waals surface area contributed by atoms with Gasteiger partial charge >= 0.3 is 0 Å². The van der Waals surface area contributed by atoms with Gasteiger partial charge in [-0.15, -0.1) is 0 Å². The number of carbonyl (C=O) groups excluding carboxylic acids is 4. The van der Waals surface area contributed by atoms with E-state index in [1.807, 2.05) is 0 Å². The monoisotopic (exact) mass is 428 g/mol. The minimum absolute atomic E-state index is 0. The van der Waals surface area contributed by atoms with Gasteiger partial charge in [-0.05, 0) is 39.5 Å². The molecule has 2 fully saturated rings. The first-order valence-electron chi connectivity index (χ1n) is 10.1. The molecule has 0 aliphatic carbocycles. The first kappa shape index (κ1) is 26.0. The summed E-state index contributed by atoms with van der Waals surface area (Å²) in [4.78, 5) is 52.8. The second-order valence-electron chi connectivity index (χ2n) is 8.07. The Hall–Kier alpha value is -2.04. The van der Waals surface area contributed by atoms with Crippen LogP contribution in [0.2, 0.25) is 0 Å². The number of Topliss-reactive ketones (excluding diaryl/α,β-unsaturated/α-hetero) is 1. The Bertz CT molecular complexity index is 653. The lowest BCUT2D eigenvalue weighted by molar-refractivity contribution is -0.148. The molecule has 6 atom stereocenters. The number of hydrogen-bond donors (Lipinski definition) is 4. The zero-order valence-corrected chi connectivity index (χ0v) is 17.0. The lowest BCUT2D eigenvalue weighted by atomic mass is 9.92. The van der Waals surface area contributed by atoms with Gasteiger partial charge in [-0.1, -0.05) is 7.43 Å². The number of aliphatic hydroxyl groups is 2. The van der Waals surface area contributed by atoms with E-state index in [1.54, 1.807) is 0 Å². The fourth-order valence-corrected chi connectivity index (χ4v) is 4.10. The van der Waals surface area contributed by atoms with E-state index >= 15 is 0 Å². The van der Waals surface area contributed by atoms with Crippen LogP contribution in [0.4, 0.5) is 0 Å². The van der Waals surface area contributed by atoms with Crippen molar-refractivity contribution in [2.24, 2.45) is 17.4 Å². The highest BCUT2D eigenvalue weighted by molar-refractivity contribution is 5.95. The average molecular weight is 429 g/mol. The van der Waals surface area contributed by atoms with Gasteiger partial charge in [0.05, 0.1) is 24.2 Å². The molecule has 0 aromatic heterocycles. The molecule has 6 N–H and O–H groups in total. The van der Waals surface area contributed by atoms with Gasteiger partial charge in [0.15, 0.2) is 5.78 Å². The molecule has 2 saturated heterocycles. The van der Waals surface area contributed by atoms with E-state index in [0.29, 0.717) is 38.8 Å². The summed E-state index contributed by atoms with van der Waals surface area (Å²) < 4.78 is 0. The lowest BCUT2D eigenvalue weighted by Crippen LogP contribution is -2.56. The Morgan fingerprint density at radius 1 is 0.967 bits per heavy atom. The summed E-state index contributed by atoms with van der Waals surface area (Å²) in [5.41, 5.74) is 11.0. The van der Waals surface area contributed by atoms with Gasteiger partial charge in [0.2, 0.25) is 17.7 Å². The first-order chi connectivity index (χ1) is 13.6. The standard InChI is InChI=1S/C19H32N4O6.CH4/c1-10(24)12(17(21)27)9-15(26)13-5-3-7-22(13)18(28)14-6-4-8-23(14)19(29)16(20)11(2)25;/h10-14,16,24-25H,3-9,20H2,1-2H3,(H2,21,27);1H4/t10-,11-,12+,13+,14+,16+;/m1./s1. The van der Waals surface area contributed by atoms with Crippen molar-refractivity contribution >= 4 is 23.5 Å². The number of rotatable bonds is 8. The maximum Gasteiger partial charge on any atom is 0.245 e. The second-order valence-corrected chi connectivity index (χ2v) is 8.07. The third kappa shape index (κ3) is 5.55. The number of nitrogens with zero attached hydrogens (tertiary/aromatic N) is 2. The van der Waals surface area contributed by atoms with Crippen molar-refractivity contribution in [3.05, 3.63) is 0 Å². The van der Waals surface area contributed by atoms with Crippen molar-refractivity contribution < 1.29 is 29.4 Å². The number of hydrogen-bond acceptors (Lipinski definition) is 7. The number of nitrogens with two attached hydrogens (primary N) is 2. The van der Waals surface area contributed by atoms with E-state index in [4.69, 9.17) is 11.5 Å². The molecule has 0 bridgehead atoms. The predicted molar refractivity (Wildman–Crippen MR) is 110 cm³/mol. The molecule has 0 spiro atoms. The van der Waals surface area contributed by atoms with Crippen molar-refractivity contribution in [1.82, 2.24) is 9.80 Å². The first-order valence-corrected chi connectivity index (χ1v) is 10.1. The molecule has 172 valence electrons. The Morgan fingerprint density at radius 3 is 2.00 bits per heavy atom. The van der Waals surface area contributed by atoms with E-state index in [9.17, 15) is 29.4 Å². The quantitative estimate of drug-likeness (QED) is 0.375. The summed E-state index contributed by atoms with van der Waals surface area (Å²) in [5, 5.41) is 19.3. The molecular weight excluding hydrogens is 392 g/mol. The van der Waals surface area contributed by atoms with Crippen molar-refractivity contribution in [3.8, 4) is 0 Å². The molecule has 0 aromatic carbocycles. The highest BCUT2D eigenvalue weighted by Crippen LogP contribution is 2.27. The summed E-state index contributed by atoms with van der Waals surface area (Å²) >= 11 is 0. The van der Waals surface area contributed by atoms with Crippen molar-refractivity contribution in [1.29, 1.82) is 0 Å². The van der Waals surface area contributed by atoms with Crippen molar-refractivity contribution in [2.45, 2.75) is 83.7 Å². The van der Waals surface area contributed by atoms with Crippen LogP contribution in [-0.2, 0) is 19.2 Å². The Kier molecular flexibility index (Phi) is 9.38. The summed E-state index contributed by atoms with van der Waals surface area (Å²) in [6.45, 7) is 3.57. The zero-order valence-electron chi connectivity index (χ0n) is 17.0. The maximum absolute atomic E-state index is 13.2. The normalized spacial score (nSPS) is 25.2. The third-order valence-corrected chi connectivity index (χ3v) is 5.90. The number of carbonyl (C=O) groups is 4. The van der Waals surface area contributed by atoms with Gasteiger partial charge in [-0.2, -0.15) is 0 Å². The maximum atomic E-state index is 13.2. The Morgan fingerprint density at radius 2 is 1.50 bits per heavy atom. The fourth-order valence-electron chi connectivity index (χ4n) is 4.10. The van der Waals surface area contributed by atoms with Crippen LogP contribution in [0.1, 0.15) is 53.4 Å². The summed E-state index contributed by atoms with van der Waals surface area (Å²) in [7, 11) is 0. The third-order valence-electron chi connectivity index (χ3n) is 5.90. The minimum Gasteiger partial charge on any atom is -0.393 e. The smallest absolute Gasteiger partial charge is 0.245 e. The van der Waals surface area contributed by atoms with E-state index in [2.05, 4.69) is 0 Å². The van der Waals surface area contributed by atoms with Gasteiger partial charge in [0.25, 0.3) is 0 Å². The van der Waals surface area contributed by atoms with E-state index in [-0.39, 0.29) is 25.5 Å². The molecule has 0 aromatic rings. The highest BCUT2D eigenvalue weighted by Gasteiger charge is 2.43. The lowest BCUT2D eigenvalue weighted by Gasteiger charge is -2.32. The van der Waals surface area contributed by atoms with Crippen LogP contribution in [0.5, 0.6) is 0 Å². The molecule has 3 amide bonds. The molecule has 0 unspecified atom stereocenters. The van der Waals surface area contributed by atoms with E-state index in [0.717, 1.165) is 0 Å². The minimum atomic E-state index is -1.11. The molecule has 2 aliphatic rings. The van der Waals surface area contributed by atoms with Crippen LogP contribution in [-0.4, -0.2) is 86.9 Å². The second kappa shape index (κ2) is 10.8. The Labute approximate surface area is 177 Å². The molecule has 30 heavy (non-hydrogen) atoms. The highest BCUT2D eigenvalue weighted by atomic mass is 16.3. The zero-order chi connectivity index (χ0) is 21.9. The number of likely N-dealkylation sites (tertiary alicyclic amines) is 2. The Balaban J connectivity index is 0.00000450. The number of ketones is 1. The molecule has 2 heterocycles. The summed E-state index contributed by atoms with van der Waals surface area (Å²) in [6.07, 6.45) is -0.144. The molecule has 10 nitrogen and oxygen atoms in total. The van der Waals surface area contributed by atoms with E-state index < -0.39 is 48.1 Å². The van der Waals surface area contributed by atoms with Gasteiger partial charge in [0, 0.05) is 19.5 Å². The SMILES string of the molecule is C.C[C@@H](O)[C@H](N)C(=O)N1CCC[C@H]1C(=O)N1CCC[C@H]1C(=O)C[C@H](C(N)=O)[C@@H](C)O. The number of aliphatic hydroxyl groups excluding tert-OH is 2. The molecule has 2 aliphatic heterocycles. The van der Waals surface area contributed by atoms with Gasteiger partial charge < -0.3 is 31.5 Å². The van der Waals surface area contributed by atoms with Crippen LogP contribution in [0.15, 0.2) is 0 Å². The van der Waals surface area contributed by atoms with E-state index in [1.165, 1.54) is 23.6 Å². The van der Waals surface area contributed by atoms with Crippen molar-refractivity contribution in [2.75, 3.05) is 13.1 Å². The van der Waals surface area contributed by atoms with Crippen LogP contribution >= 0.6 is 0 Å². The number of amides is 3. The molecule has 10 heteroatoms. The van der Waals surface area contributed by atoms with Gasteiger partial charge in [-0.3, -0.25) is 19.2 Å². The van der Waals surface area contributed by atoms with Gasteiger partial charge in [-0.25, -0.2) is 0 Å². The largest absolute Gasteiger partial charge is 0.393 e. The fraction of sp³-hybridized carbons (Fsp3) is 0.800. The van der Waals surface area contributed by atoms with Crippen LogP contribution in [0.25, 0.3) is 0 Å². The average Bonchev–Trinajstić information content (AvgIpc) is 3.32. The molecule has 0 radical (unpaired) electrons. The summed E-state index contributed by atoms with van der Waals surface area (Å²) in [6, 6.07) is -2.53. The molecule has 2 rings (SSSR count). The van der Waals surface area contributed by atoms with Crippen LogP contribution < -0.4 is 11.5 Å². The number of primary amides is 1. The van der Waals surface area contributed by atoms with Crippen LogP contribution in [0.3, 0.4) is 0 Å². The molecular formula is C20H36N4O6. The van der Waals surface area contributed by atoms with Gasteiger partial charge in [0.1, 0.15) is 12.1 Å². The van der Waals surface area contributed by atoms with Crippen molar-refractivity contribution in [3.63, 3.8) is 0 Å². The predicted octanol–water partition coefficient (Wildman–Crippen LogP) is -1.25.